The van der Waals surface area contributed by atoms with Gasteiger partial charge in [0.15, 0.2) is 0 Å². The molecule has 0 bridgehead atoms. The molecule has 2 aromatic rings. The Morgan fingerprint density at radius 3 is 2.50 bits per heavy atom. The van der Waals surface area contributed by atoms with E-state index < -0.39 is 11.8 Å². The maximum absolute atomic E-state index is 13.0. The molecular weight excluding hydrogens is 408 g/mol. The van der Waals surface area contributed by atoms with E-state index in [2.05, 4.69) is 10.6 Å². The summed E-state index contributed by atoms with van der Waals surface area (Å²) in [5, 5.41) is 5.46. The summed E-state index contributed by atoms with van der Waals surface area (Å²) in [6, 6.07) is 14.1. The van der Waals surface area contributed by atoms with Crippen molar-refractivity contribution in [3.8, 4) is 0 Å². The van der Waals surface area contributed by atoms with E-state index >= 15 is 0 Å². The summed E-state index contributed by atoms with van der Waals surface area (Å²) in [4.78, 5) is 50.8. The Balaban J connectivity index is 1.64. The molecule has 1 aliphatic rings. The zero-order valence-electron chi connectivity index (χ0n) is 18.1. The molecular formula is C24H28N4O4. The summed E-state index contributed by atoms with van der Waals surface area (Å²) in [6.07, 6.45) is 1.43. The van der Waals surface area contributed by atoms with E-state index in [1.807, 2.05) is 19.1 Å². The summed E-state index contributed by atoms with van der Waals surface area (Å²) in [5.41, 5.74) is 7.47. The predicted molar refractivity (Wildman–Crippen MR) is 121 cm³/mol. The number of carbonyl (C=O) groups is 4. The SMILES string of the molecule is Cc1ccc(C(=O)N2CCCC(C(=O)Nc3ccccc3C(=O)NCCC(N)=O)C2)cc1. The molecule has 0 saturated carbocycles. The van der Waals surface area contributed by atoms with Crippen LogP contribution in [0.2, 0.25) is 0 Å². The van der Waals surface area contributed by atoms with Gasteiger partial charge in [-0.3, -0.25) is 19.2 Å². The fourth-order valence-electron chi connectivity index (χ4n) is 3.67. The molecule has 0 aliphatic carbocycles. The number of hydrogen-bond acceptors (Lipinski definition) is 4. The molecule has 0 spiro atoms. The predicted octanol–water partition coefficient (Wildman–Crippen LogP) is 2.09. The molecule has 168 valence electrons. The van der Waals surface area contributed by atoms with Crippen LogP contribution in [-0.4, -0.2) is 48.2 Å². The van der Waals surface area contributed by atoms with Gasteiger partial charge in [-0.15, -0.1) is 0 Å². The highest BCUT2D eigenvalue weighted by Gasteiger charge is 2.29. The van der Waals surface area contributed by atoms with Gasteiger partial charge in [-0.05, 0) is 44.0 Å². The number of rotatable bonds is 7. The minimum Gasteiger partial charge on any atom is -0.370 e. The topological polar surface area (TPSA) is 122 Å². The van der Waals surface area contributed by atoms with Crippen molar-refractivity contribution in [3.05, 3.63) is 65.2 Å². The molecule has 2 aromatic carbocycles. The van der Waals surface area contributed by atoms with Crippen LogP contribution in [0.5, 0.6) is 0 Å². The highest BCUT2D eigenvalue weighted by molar-refractivity contribution is 6.04. The maximum Gasteiger partial charge on any atom is 0.253 e. The van der Waals surface area contributed by atoms with Crippen molar-refractivity contribution in [1.82, 2.24) is 10.2 Å². The lowest BCUT2D eigenvalue weighted by Gasteiger charge is -2.32. The number of para-hydroxylation sites is 1. The number of nitrogens with zero attached hydrogens (tertiary/aromatic N) is 1. The summed E-state index contributed by atoms with van der Waals surface area (Å²) in [5.74, 6) is -1.60. The Kier molecular flexibility index (Phi) is 7.59. The lowest BCUT2D eigenvalue weighted by Crippen LogP contribution is -2.44. The van der Waals surface area contributed by atoms with E-state index in [9.17, 15) is 19.2 Å². The Morgan fingerprint density at radius 1 is 1.06 bits per heavy atom. The van der Waals surface area contributed by atoms with Crippen LogP contribution in [0, 0.1) is 12.8 Å². The number of nitrogens with two attached hydrogens (primary N) is 1. The van der Waals surface area contributed by atoms with Crippen LogP contribution >= 0.6 is 0 Å². The molecule has 0 aromatic heterocycles. The van der Waals surface area contributed by atoms with Crippen molar-refractivity contribution >= 4 is 29.3 Å². The quantitative estimate of drug-likeness (QED) is 0.615. The van der Waals surface area contributed by atoms with Crippen LogP contribution < -0.4 is 16.4 Å². The second kappa shape index (κ2) is 10.6. The normalized spacial score (nSPS) is 15.7. The fraction of sp³-hybridized carbons (Fsp3) is 0.333. The zero-order valence-corrected chi connectivity index (χ0v) is 18.1. The summed E-state index contributed by atoms with van der Waals surface area (Å²) >= 11 is 0. The summed E-state index contributed by atoms with van der Waals surface area (Å²) in [7, 11) is 0. The van der Waals surface area contributed by atoms with Gasteiger partial charge < -0.3 is 21.3 Å². The number of piperidine rings is 1. The molecule has 3 rings (SSSR count). The van der Waals surface area contributed by atoms with E-state index in [1.54, 1.807) is 41.3 Å². The number of primary amides is 1. The van der Waals surface area contributed by atoms with Crippen molar-refractivity contribution < 1.29 is 19.2 Å². The molecule has 1 unspecified atom stereocenters. The summed E-state index contributed by atoms with van der Waals surface area (Å²) in [6.45, 7) is 3.02. The third-order valence-electron chi connectivity index (χ3n) is 5.46. The van der Waals surface area contributed by atoms with Crippen LogP contribution in [0.4, 0.5) is 5.69 Å². The first-order valence-corrected chi connectivity index (χ1v) is 10.7. The lowest BCUT2D eigenvalue weighted by atomic mass is 9.96. The second-order valence-electron chi connectivity index (χ2n) is 7.96. The van der Waals surface area contributed by atoms with Gasteiger partial charge >= 0.3 is 0 Å². The smallest absolute Gasteiger partial charge is 0.253 e. The minimum absolute atomic E-state index is 0.0349. The van der Waals surface area contributed by atoms with Gasteiger partial charge in [0, 0.05) is 31.6 Å². The van der Waals surface area contributed by atoms with E-state index in [4.69, 9.17) is 5.73 Å². The van der Waals surface area contributed by atoms with Crippen LogP contribution in [0.3, 0.4) is 0 Å². The van der Waals surface area contributed by atoms with Gasteiger partial charge in [-0.1, -0.05) is 29.8 Å². The third-order valence-corrected chi connectivity index (χ3v) is 5.46. The Hall–Kier alpha value is -3.68. The largest absolute Gasteiger partial charge is 0.370 e. The first kappa shape index (κ1) is 23.0. The Bertz CT molecular complexity index is 1000. The molecule has 4 amide bonds. The van der Waals surface area contributed by atoms with Gasteiger partial charge in [-0.25, -0.2) is 0 Å². The number of hydrogen-bond donors (Lipinski definition) is 3. The van der Waals surface area contributed by atoms with Gasteiger partial charge in [0.25, 0.3) is 11.8 Å². The first-order chi connectivity index (χ1) is 15.3. The number of benzene rings is 2. The third kappa shape index (κ3) is 5.94. The van der Waals surface area contributed by atoms with E-state index in [1.165, 1.54) is 0 Å². The molecule has 32 heavy (non-hydrogen) atoms. The standard InChI is InChI=1S/C24H28N4O4/c1-16-8-10-17(11-9-16)24(32)28-14-4-5-18(15-28)22(30)27-20-7-3-2-6-19(20)23(31)26-13-12-21(25)29/h2-3,6-11,18H,4-5,12-15H2,1H3,(H2,25,29)(H,26,31)(H,27,30). The number of carbonyl (C=O) groups excluding carboxylic acids is 4. The fourth-order valence-corrected chi connectivity index (χ4v) is 3.67. The molecule has 1 atom stereocenters. The van der Waals surface area contributed by atoms with Crippen molar-refractivity contribution in [1.29, 1.82) is 0 Å². The zero-order chi connectivity index (χ0) is 23.1. The highest BCUT2D eigenvalue weighted by atomic mass is 16.2. The van der Waals surface area contributed by atoms with Crippen LogP contribution in [0.15, 0.2) is 48.5 Å². The lowest BCUT2D eigenvalue weighted by molar-refractivity contribution is -0.121. The van der Waals surface area contributed by atoms with E-state index in [0.29, 0.717) is 36.3 Å². The highest BCUT2D eigenvalue weighted by Crippen LogP contribution is 2.22. The van der Waals surface area contributed by atoms with Gasteiger partial charge in [0.05, 0.1) is 17.2 Å². The average molecular weight is 437 g/mol. The molecule has 1 fully saturated rings. The average Bonchev–Trinajstić information content (AvgIpc) is 2.79. The van der Waals surface area contributed by atoms with Crippen molar-refractivity contribution in [3.63, 3.8) is 0 Å². The summed E-state index contributed by atoms with van der Waals surface area (Å²) < 4.78 is 0. The minimum atomic E-state index is -0.506. The van der Waals surface area contributed by atoms with E-state index in [-0.39, 0.29) is 30.7 Å². The number of anilines is 1. The molecule has 0 radical (unpaired) electrons. The van der Waals surface area contributed by atoms with Crippen molar-refractivity contribution in [2.24, 2.45) is 11.7 Å². The van der Waals surface area contributed by atoms with Gasteiger partial charge in [0.1, 0.15) is 0 Å². The molecule has 1 heterocycles. The Labute approximate surface area is 187 Å². The number of aryl methyl sites for hydroxylation is 1. The van der Waals surface area contributed by atoms with E-state index in [0.717, 1.165) is 12.0 Å². The first-order valence-electron chi connectivity index (χ1n) is 10.7. The molecule has 8 heteroatoms. The van der Waals surface area contributed by atoms with Crippen LogP contribution in [0.25, 0.3) is 0 Å². The van der Waals surface area contributed by atoms with Gasteiger partial charge in [0.2, 0.25) is 11.8 Å². The molecule has 4 N–H and O–H groups in total. The number of nitrogens with one attached hydrogen (secondary N) is 2. The maximum atomic E-state index is 13.0. The molecule has 1 aliphatic heterocycles. The second-order valence-corrected chi connectivity index (χ2v) is 7.96. The monoisotopic (exact) mass is 436 g/mol. The van der Waals surface area contributed by atoms with Gasteiger partial charge in [-0.2, -0.15) is 0 Å². The molecule has 8 nitrogen and oxygen atoms in total. The molecule has 1 saturated heterocycles. The number of likely N-dealkylation sites (tertiary alicyclic amines) is 1. The van der Waals surface area contributed by atoms with Crippen molar-refractivity contribution in [2.45, 2.75) is 26.2 Å². The Morgan fingerprint density at radius 2 is 1.78 bits per heavy atom. The number of amides is 4. The van der Waals surface area contributed by atoms with Crippen molar-refractivity contribution in [2.75, 3.05) is 25.0 Å². The van der Waals surface area contributed by atoms with Crippen LogP contribution in [0.1, 0.15) is 45.5 Å². The van der Waals surface area contributed by atoms with Crippen LogP contribution in [-0.2, 0) is 9.59 Å².